The first-order valence-corrected chi connectivity index (χ1v) is 5.80. The standard InChI is InChI=1S/C9H21NS/c1-3-9(10)7-5-6-8-11-4-2/h9H,3-8,10H2,1-2H3. The first kappa shape index (κ1) is 11.3. The largest absolute Gasteiger partial charge is 0.328 e. The molecule has 0 aliphatic heterocycles. The fourth-order valence-electron chi connectivity index (χ4n) is 0.959. The predicted molar refractivity (Wildman–Crippen MR) is 55.1 cm³/mol. The fourth-order valence-corrected chi connectivity index (χ4v) is 1.66. The summed E-state index contributed by atoms with van der Waals surface area (Å²) in [6.45, 7) is 4.37. The van der Waals surface area contributed by atoms with Crippen LogP contribution in [-0.2, 0) is 0 Å². The van der Waals surface area contributed by atoms with Gasteiger partial charge in [-0.1, -0.05) is 20.3 Å². The Morgan fingerprint density at radius 2 is 2.00 bits per heavy atom. The molecule has 0 radical (unpaired) electrons. The highest BCUT2D eigenvalue weighted by Gasteiger charge is 1.97. The van der Waals surface area contributed by atoms with Gasteiger partial charge in [0.05, 0.1) is 0 Å². The number of unbranched alkanes of at least 4 members (excludes halogenated alkanes) is 1. The minimum Gasteiger partial charge on any atom is -0.328 e. The van der Waals surface area contributed by atoms with Crippen LogP contribution in [0.25, 0.3) is 0 Å². The van der Waals surface area contributed by atoms with Crippen molar-refractivity contribution in [3.63, 3.8) is 0 Å². The predicted octanol–water partition coefficient (Wildman–Crippen LogP) is 2.65. The molecule has 0 rings (SSSR count). The van der Waals surface area contributed by atoms with Gasteiger partial charge in [0.1, 0.15) is 0 Å². The van der Waals surface area contributed by atoms with Gasteiger partial charge in [-0.15, -0.1) is 0 Å². The third-order valence-corrected chi connectivity index (χ3v) is 2.83. The summed E-state index contributed by atoms with van der Waals surface area (Å²) in [6, 6.07) is 0.446. The third kappa shape index (κ3) is 8.21. The monoisotopic (exact) mass is 175 g/mol. The van der Waals surface area contributed by atoms with E-state index >= 15 is 0 Å². The zero-order valence-corrected chi connectivity index (χ0v) is 8.62. The lowest BCUT2D eigenvalue weighted by molar-refractivity contribution is 0.564. The lowest BCUT2D eigenvalue weighted by atomic mass is 10.1. The van der Waals surface area contributed by atoms with E-state index < -0.39 is 0 Å². The van der Waals surface area contributed by atoms with Crippen molar-refractivity contribution >= 4 is 11.8 Å². The van der Waals surface area contributed by atoms with Crippen LogP contribution in [0.5, 0.6) is 0 Å². The lowest BCUT2D eigenvalue weighted by Gasteiger charge is -2.06. The Morgan fingerprint density at radius 3 is 2.55 bits per heavy atom. The lowest BCUT2D eigenvalue weighted by Crippen LogP contribution is -2.17. The smallest absolute Gasteiger partial charge is 0.00362 e. The highest BCUT2D eigenvalue weighted by molar-refractivity contribution is 7.99. The summed E-state index contributed by atoms with van der Waals surface area (Å²) in [5.41, 5.74) is 5.78. The van der Waals surface area contributed by atoms with Crippen LogP contribution in [0.4, 0.5) is 0 Å². The quantitative estimate of drug-likeness (QED) is 0.602. The second kappa shape index (κ2) is 8.41. The molecule has 0 aromatic heterocycles. The Hall–Kier alpha value is 0.310. The van der Waals surface area contributed by atoms with Crippen LogP contribution >= 0.6 is 11.8 Å². The van der Waals surface area contributed by atoms with Gasteiger partial charge in [0, 0.05) is 6.04 Å². The molecule has 0 aromatic rings. The molecule has 2 heteroatoms. The van der Waals surface area contributed by atoms with Crippen molar-refractivity contribution in [1.29, 1.82) is 0 Å². The normalized spacial score (nSPS) is 13.4. The van der Waals surface area contributed by atoms with E-state index in [0.29, 0.717) is 6.04 Å². The van der Waals surface area contributed by atoms with Crippen LogP contribution in [-0.4, -0.2) is 17.5 Å². The number of hydrogen-bond acceptors (Lipinski definition) is 2. The molecule has 0 aromatic carbocycles. The highest BCUT2D eigenvalue weighted by atomic mass is 32.2. The second-order valence-electron chi connectivity index (χ2n) is 2.86. The first-order chi connectivity index (χ1) is 5.31. The van der Waals surface area contributed by atoms with Crippen molar-refractivity contribution in [2.75, 3.05) is 11.5 Å². The first-order valence-electron chi connectivity index (χ1n) is 4.64. The van der Waals surface area contributed by atoms with E-state index in [1.165, 1.54) is 30.8 Å². The van der Waals surface area contributed by atoms with Gasteiger partial charge in [0.15, 0.2) is 0 Å². The maximum absolute atomic E-state index is 5.78. The Bertz CT molecular complexity index is 76.0. The molecule has 0 fully saturated rings. The molecular weight excluding hydrogens is 154 g/mol. The highest BCUT2D eigenvalue weighted by Crippen LogP contribution is 2.07. The van der Waals surface area contributed by atoms with Gasteiger partial charge in [-0.3, -0.25) is 0 Å². The van der Waals surface area contributed by atoms with Crippen molar-refractivity contribution in [3.05, 3.63) is 0 Å². The average molecular weight is 175 g/mol. The minimum absolute atomic E-state index is 0.446. The van der Waals surface area contributed by atoms with Gasteiger partial charge in [0.25, 0.3) is 0 Å². The Balaban J connectivity index is 2.89. The van der Waals surface area contributed by atoms with Crippen LogP contribution in [0, 0.1) is 0 Å². The summed E-state index contributed by atoms with van der Waals surface area (Å²) in [6.07, 6.45) is 4.98. The van der Waals surface area contributed by atoms with Gasteiger partial charge >= 0.3 is 0 Å². The summed E-state index contributed by atoms with van der Waals surface area (Å²) in [7, 11) is 0. The van der Waals surface area contributed by atoms with E-state index in [0.717, 1.165) is 6.42 Å². The minimum atomic E-state index is 0.446. The molecule has 2 N–H and O–H groups in total. The average Bonchev–Trinajstić information content (AvgIpc) is 2.04. The van der Waals surface area contributed by atoms with Crippen molar-refractivity contribution in [3.8, 4) is 0 Å². The molecule has 0 saturated carbocycles. The maximum atomic E-state index is 5.78. The second-order valence-corrected chi connectivity index (χ2v) is 4.25. The summed E-state index contributed by atoms with van der Waals surface area (Å²) in [5, 5.41) is 0. The molecule has 0 aliphatic carbocycles. The molecule has 0 saturated heterocycles. The molecule has 11 heavy (non-hydrogen) atoms. The van der Waals surface area contributed by atoms with Crippen molar-refractivity contribution in [1.82, 2.24) is 0 Å². The van der Waals surface area contributed by atoms with E-state index in [1.54, 1.807) is 0 Å². The molecule has 1 atom stereocenters. The van der Waals surface area contributed by atoms with Crippen molar-refractivity contribution < 1.29 is 0 Å². The van der Waals surface area contributed by atoms with Crippen LogP contribution < -0.4 is 5.73 Å². The number of rotatable bonds is 7. The van der Waals surface area contributed by atoms with Gasteiger partial charge < -0.3 is 5.73 Å². The van der Waals surface area contributed by atoms with E-state index in [-0.39, 0.29) is 0 Å². The van der Waals surface area contributed by atoms with Gasteiger partial charge in [-0.05, 0) is 30.8 Å². The van der Waals surface area contributed by atoms with Crippen molar-refractivity contribution in [2.45, 2.75) is 45.6 Å². The summed E-state index contributed by atoms with van der Waals surface area (Å²) >= 11 is 2.03. The van der Waals surface area contributed by atoms with Gasteiger partial charge in [0.2, 0.25) is 0 Å². The molecule has 0 amide bonds. The van der Waals surface area contributed by atoms with Gasteiger partial charge in [-0.25, -0.2) is 0 Å². The van der Waals surface area contributed by atoms with Gasteiger partial charge in [-0.2, -0.15) is 11.8 Å². The van der Waals surface area contributed by atoms with Crippen LogP contribution in [0.15, 0.2) is 0 Å². The van der Waals surface area contributed by atoms with Crippen molar-refractivity contribution in [2.24, 2.45) is 5.73 Å². The van der Waals surface area contributed by atoms with Crippen LogP contribution in [0.2, 0.25) is 0 Å². The molecule has 0 bridgehead atoms. The maximum Gasteiger partial charge on any atom is 0.00362 e. The van der Waals surface area contributed by atoms with E-state index in [2.05, 4.69) is 13.8 Å². The number of nitrogens with two attached hydrogens (primary N) is 1. The van der Waals surface area contributed by atoms with Crippen LogP contribution in [0.3, 0.4) is 0 Å². The summed E-state index contributed by atoms with van der Waals surface area (Å²) < 4.78 is 0. The fraction of sp³-hybridized carbons (Fsp3) is 1.00. The molecule has 0 heterocycles. The third-order valence-electron chi connectivity index (χ3n) is 1.84. The zero-order valence-electron chi connectivity index (χ0n) is 7.81. The SMILES string of the molecule is CCSCCCCC(N)CC. The zero-order chi connectivity index (χ0) is 8.53. The Morgan fingerprint density at radius 1 is 1.27 bits per heavy atom. The molecule has 0 aliphatic rings. The molecule has 0 spiro atoms. The molecule has 1 nitrogen and oxygen atoms in total. The molecular formula is C9H21NS. The summed E-state index contributed by atoms with van der Waals surface area (Å²) in [5.74, 6) is 2.56. The molecule has 68 valence electrons. The Kier molecular flexibility index (Phi) is 8.64. The van der Waals surface area contributed by atoms with E-state index in [4.69, 9.17) is 5.73 Å². The number of thioether (sulfide) groups is 1. The van der Waals surface area contributed by atoms with E-state index in [9.17, 15) is 0 Å². The number of hydrogen-bond donors (Lipinski definition) is 1. The summed E-state index contributed by atoms with van der Waals surface area (Å²) in [4.78, 5) is 0. The molecule has 1 unspecified atom stereocenters. The Labute approximate surface area is 75.1 Å². The van der Waals surface area contributed by atoms with E-state index in [1.807, 2.05) is 11.8 Å². The topological polar surface area (TPSA) is 26.0 Å². The van der Waals surface area contributed by atoms with Crippen LogP contribution in [0.1, 0.15) is 39.5 Å².